The Kier molecular flexibility index (Phi) is 25.8. The maximum absolute atomic E-state index is 11.8. The molecule has 0 aromatic carbocycles. The highest BCUT2D eigenvalue weighted by Crippen LogP contribution is 2.12. The number of alkyl halides is 1. The van der Waals surface area contributed by atoms with E-state index >= 15 is 0 Å². The van der Waals surface area contributed by atoms with Crippen LogP contribution in [0.1, 0.15) is 142 Å². The first-order valence-electron chi connectivity index (χ1n) is 13.6. The van der Waals surface area contributed by atoms with Crippen molar-refractivity contribution in [3.8, 4) is 0 Å². The summed E-state index contributed by atoms with van der Waals surface area (Å²) in [7, 11) is 0. The average molecular weight is 475 g/mol. The fourth-order valence-electron chi connectivity index (χ4n) is 3.72. The Bertz CT molecular complexity index is 414. The van der Waals surface area contributed by atoms with Gasteiger partial charge in [-0.25, -0.2) is 0 Å². The molecule has 0 aliphatic rings. The summed E-state index contributed by atoms with van der Waals surface area (Å²) in [5, 5.41) is 0. The van der Waals surface area contributed by atoms with Gasteiger partial charge in [0.1, 0.15) is 0 Å². The fourth-order valence-corrected chi connectivity index (χ4v) is 3.91. The maximum atomic E-state index is 11.8. The van der Waals surface area contributed by atoms with Crippen molar-refractivity contribution in [2.45, 2.75) is 142 Å². The van der Waals surface area contributed by atoms with Crippen molar-refractivity contribution in [3.63, 3.8) is 0 Å². The highest BCUT2D eigenvalue weighted by Gasteiger charge is 2.06. The van der Waals surface area contributed by atoms with E-state index in [1.54, 1.807) is 0 Å². The Morgan fingerprint density at radius 1 is 0.500 bits per heavy atom. The molecule has 0 atom stereocenters. The van der Waals surface area contributed by atoms with Gasteiger partial charge in [-0.1, -0.05) is 96.8 Å². The highest BCUT2D eigenvalue weighted by atomic mass is 35.5. The SMILES string of the molecule is CCCCCCCCCCCCCOC(=O)CCCCC(=O)OCCCCCCCCCl. The molecule has 0 amide bonds. The standard InChI is InChI=1S/C27H51ClO4/c1-2-3-4-5-6-7-8-9-11-14-19-24-31-26(29)21-16-17-22-27(30)32-25-20-15-12-10-13-18-23-28/h2-25H2,1H3. The monoisotopic (exact) mass is 474 g/mol. The summed E-state index contributed by atoms with van der Waals surface area (Å²) < 4.78 is 10.5. The molecule has 5 heteroatoms. The quantitative estimate of drug-likeness (QED) is 0.0755. The van der Waals surface area contributed by atoms with Crippen LogP contribution in [0.15, 0.2) is 0 Å². The van der Waals surface area contributed by atoms with Crippen molar-refractivity contribution >= 4 is 23.5 Å². The van der Waals surface area contributed by atoms with Crippen molar-refractivity contribution in [2.75, 3.05) is 19.1 Å². The molecule has 0 aliphatic heterocycles. The first kappa shape index (κ1) is 31.2. The van der Waals surface area contributed by atoms with Gasteiger partial charge in [0, 0.05) is 18.7 Å². The molecule has 0 aromatic heterocycles. The second-order valence-corrected chi connectivity index (χ2v) is 9.37. The van der Waals surface area contributed by atoms with E-state index in [4.69, 9.17) is 21.1 Å². The summed E-state index contributed by atoms with van der Waals surface area (Å²) in [6.45, 7) is 3.30. The molecule has 0 radical (unpaired) electrons. The molecule has 0 N–H and O–H groups in total. The highest BCUT2D eigenvalue weighted by molar-refractivity contribution is 6.17. The van der Waals surface area contributed by atoms with Crippen LogP contribution < -0.4 is 0 Å². The number of rotatable bonds is 25. The second kappa shape index (κ2) is 26.5. The zero-order valence-corrected chi connectivity index (χ0v) is 21.7. The Morgan fingerprint density at radius 2 is 0.844 bits per heavy atom. The number of halogens is 1. The lowest BCUT2D eigenvalue weighted by Gasteiger charge is -2.06. The third-order valence-electron chi connectivity index (χ3n) is 5.81. The summed E-state index contributed by atoms with van der Waals surface area (Å²) in [5.41, 5.74) is 0. The summed E-state index contributed by atoms with van der Waals surface area (Å²) >= 11 is 5.65. The van der Waals surface area contributed by atoms with Gasteiger partial charge in [0.05, 0.1) is 13.2 Å². The average Bonchev–Trinajstić information content (AvgIpc) is 2.79. The van der Waals surface area contributed by atoms with Gasteiger partial charge in [0.15, 0.2) is 0 Å². The van der Waals surface area contributed by atoms with E-state index in [0.717, 1.165) is 38.0 Å². The predicted molar refractivity (Wildman–Crippen MR) is 135 cm³/mol. The van der Waals surface area contributed by atoms with Crippen LogP contribution in [0.2, 0.25) is 0 Å². The molecule has 0 unspecified atom stereocenters. The molecule has 0 spiro atoms. The van der Waals surface area contributed by atoms with Crippen LogP contribution in [0, 0.1) is 0 Å². The van der Waals surface area contributed by atoms with Gasteiger partial charge in [0.2, 0.25) is 0 Å². The number of ether oxygens (including phenoxy) is 2. The fraction of sp³-hybridized carbons (Fsp3) is 0.926. The molecule has 0 bridgehead atoms. The van der Waals surface area contributed by atoms with Gasteiger partial charge in [-0.3, -0.25) is 9.59 Å². The molecule has 0 aliphatic carbocycles. The molecule has 32 heavy (non-hydrogen) atoms. The molecule has 0 fully saturated rings. The van der Waals surface area contributed by atoms with Gasteiger partial charge in [-0.05, 0) is 32.1 Å². The van der Waals surface area contributed by atoms with Crippen LogP contribution in [0.25, 0.3) is 0 Å². The smallest absolute Gasteiger partial charge is 0.305 e. The molecule has 0 heterocycles. The molecular formula is C27H51ClO4. The van der Waals surface area contributed by atoms with Crippen molar-refractivity contribution in [1.82, 2.24) is 0 Å². The number of unbranched alkanes of at least 4 members (excludes halogenated alkanes) is 16. The molecular weight excluding hydrogens is 424 g/mol. The van der Waals surface area contributed by atoms with Gasteiger partial charge in [0.25, 0.3) is 0 Å². The number of hydrogen-bond acceptors (Lipinski definition) is 4. The lowest BCUT2D eigenvalue weighted by molar-refractivity contribution is -0.146. The zero-order chi connectivity index (χ0) is 23.5. The zero-order valence-electron chi connectivity index (χ0n) is 21.0. The van der Waals surface area contributed by atoms with E-state index in [9.17, 15) is 9.59 Å². The Hall–Kier alpha value is -0.770. The predicted octanol–water partition coefficient (Wildman–Crippen LogP) is 8.52. The molecule has 0 saturated carbocycles. The first-order valence-corrected chi connectivity index (χ1v) is 14.1. The van der Waals surface area contributed by atoms with Gasteiger partial charge in [-0.2, -0.15) is 0 Å². The summed E-state index contributed by atoms with van der Waals surface area (Å²) in [6.07, 6.45) is 23.0. The Balaban J connectivity index is 3.28. The number of hydrogen-bond donors (Lipinski definition) is 0. The van der Waals surface area contributed by atoms with Crippen molar-refractivity contribution < 1.29 is 19.1 Å². The maximum Gasteiger partial charge on any atom is 0.305 e. The third kappa shape index (κ3) is 25.5. The van der Waals surface area contributed by atoms with Crippen LogP contribution in [0.5, 0.6) is 0 Å². The molecule has 0 rings (SSSR count). The Labute approximate surface area is 203 Å². The first-order chi connectivity index (χ1) is 15.7. The van der Waals surface area contributed by atoms with Gasteiger partial charge in [-0.15, -0.1) is 11.6 Å². The van der Waals surface area contributed by atoms with Crippen molar-refractivity contribution in [3.05, 3.63) is 0 Å². The van der Waals surface area contributed by atoms with Crippen LogP contribution >= 0.6 is 11.6 Å². The normalized spacial score (nSPS) is 10.9. The van der Waals surface area contributed by atoms with E-state index in [2.05, 4.69) is 6.92 Å². The van der Waals surface area contributed by atoms with Gasteiger partial charge < -0.3 is 9.47 Å². The lowest BCUT2D eigenvalue weighted by Crippen LogP contribution is -2.08. The summed E-state index contributed by atoms with van der Waals surface area (Å²) in [4.78, 5) is 23.5. The van der Waals surface area contributed by atoms with Gasteiger partial charge >= 0.3 is 11.9 Å². The number of carbonyl (C=O) groups is 2. The van der Waals surface area contributed by atoms with Crippen molar-refractivity contribution in [2.24, 2.45) is 0 Å². The van der Waals surface area contributed by atoms with Crippen LogP contribution in [-0.2, 0) is 19.1 Å². The number of carbonyl (C=O) groups excluding carboxylic acids is 2. The Morgan fingerprint density at radius 3 is 1.22 bits per heavy atom. The van der Waals surface area contributed by atoms with E-state index in [-0.39, 0.29) is 11.9 Å². The largest absolute Gasteiger partial charge is 0.466 e. The lowest BCUT2D eigenvalue weighted by atomic mass is 10.1. The minimum Gasteiger partial charge on any atom is -0.466 e. The van der Waals surface area contributed by atoms with Crippen LogP contribution in [0.3, 0.4) is 0 Å². The molecule has 4 nitrogen and oxygen atoms in total. The van der Waals surface area contributed by atoms with E-state index in [1.165, 1.54) is 77.0 Å². The molecule has 0 saturated heterocycles. The van der Waals surface area contributed by atoms with Crippen LogP contribution in [0.4, 0.5) is 0 Å². The van der Waals surface area contributed by atoms with Crippen LogP contribution in [-0.4, -0.2) is 31.0 Å². The second-order valence-electron chi connectivity index (χ2n) is 8.99. The van der Waals surface area contributed by atoms with E-state index in [1.807, 2.05) is 0 Å². The minimum atomic E-state index is -0.151. The molecule has 0 aromatic rings. The minimum absolute atomic E-state index is 0.139. The number of esters is 2. The van der Waals surface area contributed by atoms with E-state index < -0.39 is 0 Å². The van der Waals surface area contributed by atoms with E-state index in [0.29, 0.717) is 38.9 Å². The van der Waals surface area contributed by atoms with Crippen molar-refractivity contribution in [1.29, 1.82) is 0 Å². The molecule has 190 valence electrons. The summed E-state index contributed by atoms with van der Waals surface area (Å²) in [5.74, 6) is 0.454. The summed E-state index contributed by atoms with van der Waals surface area (Å²) in [6, 6.07) is 0. The topological polar surface area (TPSA) is 52.6 Å². The third-order valence-corrected chi connectivity index (χ3v) is 6.08.